The average molecular weight is 373 g/mol. The number of carbonyl (C=O) groups is 2. The first kappa shape index (κ1) is 15.9. The highest BCUT2D eigenvalue weighted by molar-refractivity contribution is 6.43. The van der Waals surface area contributed by atoms with Gasteiger partial charge in [-0.05, 0) is 12.1 Å². The minimum Gasteiger partial charge on any atom is -0.439 e. The van der Waals surface area contributed by atoms with Gasteiger partial charge in [-0.2, -0.15) is 0 Å². The van der Waals surface area contributed by atoms with Crippen LogP contribution in [0.5, 0.6) is 0 Å². The summed E-state index contributed by atoms with van der Waals surface area (Å²) >= 11 is 11.9. The van der Waals surface area contributed by atoms with Crippen LogP contribution in [0.1, 0.15) is 26.6 Å². The van der Waals surface area contributed by atoms with E-state index in [1.807, 2.05) is 30.3 Å². The van der Waals surface area contributed by atoms with Crippen LogP contribution in [-0.4, -0.2) is 21.7 Å². The number of halogens is 2. The Balaban J connectivity index is 1.61. The zero-order valence-corrected chi connectivity index (χ0v) is 14.2. The Bertz CT molecular complexity index is 958. The van der Waals surface area contributed by atoms with Gasteiger partial charge in [0.25, 0.3) is 11.8 Å². The Hall–Kier alpha value is -2.63. The van der Waals surface area contributed by atoms with Gasteiger partial charge < -0.3 is 4.42 Å². The number of benzene rings is 2. The lowest BCUT2D eigenvalue weighted by Crippen LogP contribution is -2.29. The van der Waals surface area contributed by atoms with E-state index in [-0.39, 0.29) is 33.6 Å². The van der Waals surface area contributed by atoms with Gasteiger partial charge in [0.1, 0.15) is 6.54 Å². The summed E-state index contributed by atoms with van der Waals surface area (Å²) in [5.74, 6) is -0.0556. The number of fused-ring (bicyclic) bond motifs is 1. The minimum atomic E-state index is -0.446. The smallest absolute Gasteiger partial charge is 0.262 e. The van der Waals surface area contributed by atoms with Crippen LogP contribution in [0.3, 0.4) is 0 Å². The monoisotopic (exact) mass is 372 g/mol. The van der Waals surface area contributed by atoms with E-state index in [1.165, 1.54) is 12.1 Å². The van der Waals surface area contributed by atoms with Crippen LogP contribution in [0, 0.1) is 0 Å². The van der Waals surface area contributed by atoms with E-state index in [1.54, 1.807) is 6.20 Å². The molecule has 2 aromatic carbocycles. The normalized spacial score (nSPS) is 13.4. The topological polar surface area (TPSA) is 63.4 Å². The summed E-state index contributed by atoms with van der Waals surface area (Å²) in [6, 6.07) is 12.3. The number of nitrogens with zero attached hydrogens (tertiary/aromatic N) is 2. The van der Waals surface area contributed by atoms with Gasteiger partial charge in [-0.25, -0.2) is 4.98 Å². The van der Waals surface area contributed by atoms with E-state index < -0.39 is 11.8 Å². The summed E-state index contributed by atoms with van der Waals surface area (Å²) in [4.78, 5) is 30.2. The molecule has 0 bridgehead atoms. The first-order valence-corrected chi connectivity index (χ1v) is 8.15. The van der Waals surface area contributed by atoms with Crippen molar-refractivity contribution in [1.29, 1.82) is 0 Å². The molecule has 5 nitrogen and oxygen atoms in total. The maximum atomic E-state index is 12.5. The predicted molar refractivity (Wildman–Crippen MR) is 92.6 cm³/mol. The van der Waals surface area contributed by atoms with Crippen molar-refractivity contribution < 1.29 is 14.0 Å². The molecule has 0 fully saturated rings. The first-order valence-electron chi connectivity index (χ1n) is 7.40. The lowest BCUT2D eigenvalue weighted by molar-refractivity contribution is 0.0629. The van der Waals surface area contributed by atoms with Crippen LogP contribution in [0.15, 0.2) is 53.1 Å². The summed E-state index contributed by atoms with van der Waals surface area (Å²) in [6.45, 7) is -0.0611. The number of aromatic nitrogens is 1. The van der Waals surface area contributed by atoms with E-state index in [4.69, 9.17) is 27.6 Å². The van der Waals surface area contributed by atoms with Crippen LogP contribution >= 0.6 is 23.2 Å². The first-order chi connectivity index (χ1) is 12.0. The van der Waals surface area contributed by atoms with Crippen LogP contribution < -0.4 is 0 Å². The lowest BCUT2D eigenvalue weighted by Gasteiger charge is -2.10. The van der Waals surface area contributed by atoms with Crippen molar-refractivity contribution in [3.63, 3.8) is 0 Å². The van der Waals surface area contributed by atoms with Crippen LogP contribution in [0.2, 0.25) is 10.0 Å². The van der Waals surface area contributed by atoms with Gasteiger partial charge in [-0.15, -0.1) is 0 Å². The number of carbonyl (C=O) groups excluding carboxylic acids is 2. The summed E-state index contributed by atoms with van der Waals surface area (Å²) in [7, 11) is 0. The molecule has 2 heterocycles. The summed E-state index contributed by atoms with van der Waals surface area (Å²) in [5, 5.41) is 0.455. The summed E-state index contributed by atoms with van der Waals surface area (Å²) in [6.07, 6.45) is 1.57. The standard InChI is InChI=1S/C18H10Cl2N2O3/c19-13-6-11-12(7-14(13)20)18(24)22(17(11)23)9-16-21-8-15(25-16)10-4-2-1-3-5-10/h1-8H,9H2. The number of hydrogen-bond acceptors (Lipinski definition) is 4. The molecule has 4 rings (SSSR count). The van der Waals surface area contributed by atoms with Gasteiger partial charge >= 0.3 is 0 Å². The van der Waals surface area contributed by atoms with Crippen LogP contribution in [0.25, 0.3) is 11.3 Å². The number of rotatable bonds is 3. The molecule has 1 aliphatic rings. The van der Waals surface area contributed by atoms with Crippen molar-refractivity contribution in [3.05, 3.63) is 75.7 Å². The highest BCUT2D eigenvalue weighted by Gasteiger charge is 2.37. The van der Waals surface area contributed by atoms with Gasteiger partial charge in [0.2, 0.25) is 5.89 Å². The molecule has 0 N–H and O–H groups in total. The van der Waals surface area contributed by atoms with E-state index in [9.17, 15) is 9.59 Å². The third-order valence-electron chi connectivity index (χ3n) is 3.92. The fourth-order valence-electron chi connectivity index (χ4n) is 2.68. The van der Waals surface area contributed by atoms with E-state index >= 15 is 0 Å². The van der Waals surface area contributed by atoms with Crippen molar-refractivity contribution in [1.82, 2.24) is 9.88 Å². The van der Waals surface area contributed by atoms with Crippen LogP contribution in [0.4, 0.5) is 0 Å². The Labute approximate surface area is 152 Å². The molecule has 1 aromatic heterocycles. The van der Waals surface area contributed by atoms with E-state index in [0.717, 1.165) is 10.5 Å². The molecule has 0 spiro atoms. The highest BCUT2D eigenvalue weighted by atomic mass is 35.5. The molecule has 3 aromatic rings. The summed E-state index contributed by atoms with van der Waals surface area (Å²) < 4.78 is 5.67. The van der Waals surface area contributed by atoms with Gasteiger partial charge in [-0.3, -0.25) is 14.5 Å². The Morgan fingerprint density at radius 2 is 1.56 bits per heavy atom. The number of oxazole rings is 1. The zero-order valence-electron chi connectivity index (χ0n) is 12.7. The van der Waals surface area contributed by atoms with Crippen molar-refractivity contribution in [2.75, 3.05) is 0 Å². The third-order valence-corrected chi connectivity index (χ3v) is 4.64. The van der Waals surface area contributed by atoms with Gasteiger partial charge in [0, 0.05) is 5.56 Å². The number of amides is 2. The van der Waals surface area contributed by atoms with E-state index in [0.29, 0.717) is 5.76 Å². The second kappa shape index (κ2) is 6.02. The molecule has 0 radical (unpaired) electrons. The minimum absolute atomic E-state index is 0.0611. The maximum absolute atomic E-state index is 12.5. The molecular weight excluding hydrogens is 363 g/mol. The van der Waals surface area contributed by atoms with Gasteiger partial charge in [-0.1, -0.05) is 53.5 Å². The van der Waals surface area contributed by atoms with Gasteiger partial charge in [0.15, 0.2) is 5.76 Å². The Kier molecular flexibility index (Phi) is 3.82. The molecule has 1 aliphatic heterocycles. The van der Waals surface area contributed by atoms with Crippen molar-refractivity contribution >= 4 is 35.0 Å². The van der Waals surface area contributed by atoms with Crippen molar-refractivity contribution in [2.24, 2.45) is 0 Å². The fraction of sp³-hybridized carbons (Fsp3) is 0.0556. The molecule has 0 saturated carbocycles. The van der Waals surface area contributed by atoms with Gasteiger partial charge in [0.05, 0.1) is 27.4 Å². The van der Waals surface area contributed by atoms with Crippen molar-refractivity contribution in [3.8, 4) is 11.3 Å². The van der Waals surface area contributed by atoms with Crippen molar-refractivity contribution in [2.45, 2.75) is 6.54 Å². The molecule has 0 aliphatic carbocycles. The van der Waals surface area contributed by atoms with E-state index in [2.05, 4.69) is 4.98 Å². The molecule has 0 atom stereocenters. The molecule has 124 valence electrons. The number of hydrogen-bond donors (Lipinski definition) is 0. The fourth-order valence-corrected chi connectivity index (χ4v) is 3.01. The summed E-state index contributed by atoms with van der Waals surface area (Å²) in [5.41, 5.74) is 1.32. The largest absolute Gasteiger partial charge is 0.439 e. The molecule has 0 saturated heterocycles. The van der Waals surface area contributed by atoms with Crippen LogP contribution in [-0.2, 0) is 6.54 Å². The quantitative estimate of drug-likeness (QED) is 0.637. The SMILES string of the molecule is O=C1c2cc(Cl)c(Cl)cc2C(=O)N1Cc1ncc(-c2ccccc2)o1. The Morgan fingerprint density at radius 1 is 0.960 bits per heavy atom. The molecular formula is C18H10Cl2N2O3. The molecule has 0 unspecified atom stereocenters. The molecule has 2 amide bonds. The highest BCUT2D eigenvalue weighted by Crippen LogP contribution is 2.32. The second-order valence-corrected chi connectivity index (χ2v) is 6.31. The lowest BCUT2D eigenvalue weighted by atomic mass is 10.1. The second-order valence-electron chi connectivity index (χ2n) is 5.49. The Morgan fingerprint density at radius 3 is 2.16 bits per heavy atom. The molecule has 25 heavy (non-hydrogen) atoms. The molecule has 7 heteroatoms. The maximum Gasteiger partial charge on any atom is 0.262 e. The number of imide groups is 1. The predicted octanol–water partition coefficient (Wildman–Crippen LogP) is 4.44. The average Bonchev–Trinajstić information content (AvgIpc) is 3.17. The third kappa shape index (κ3) is 2.71. The zero-order chi connectivity index (χ0) is 17.6.